The number of fused-ring (bicyclic) bond motifs is 1. The number of rotatable bonds is 2. The second-order valence-electron chi connectivity index (χ2n) is 4.61. The lowest BCUT2D eigenvalue weighted by Crippen LogP contribution is -2.29. The molecule has 3 heterocycles. The highest BCUT2D eigenvalue weighted by molar-refractivity contribution is 5.75. The number of furan rings is 1. The lowest BCUT2D eigenvalue weighted by molar-refractivity contribution is 0.505. The van der Waals surface area contributed by atoms with E-state index >= 15 is 0 Å². The van der Waals surface area contributed by atoms with Crippen LogP contribution in [0.5, 0.6) is 0 Å². The van der Waals surface area contributed by atoms with Crippen LogP contribution in [0.2, 0.25) is 0 Å². The Morgan fingerprint density at radius 2 is 2.05 bits per heavy atom. The fraction of sp³-hybridized carbons (Fsp3) is 0.308. The summed E-state index contributed by atoms with van der Waals surface area (Å²) in [4.78, 5) is 33.2. The van der Waals surface area contributed by atoms with E-state index in [9.17, 15) is 9.59 Å². The fourth-order valence-corrected chi connectivity index (χ4v) is 2.33. The van der Waals surface area contributed by atoms with Gasteiger partial charge in [0.05, 0.1) is 5.56 Å². The van der Waals surface area contributed by atoms with Crippen molar-refractivity contribution in [3.8, 4) is 11.4 Å². The molecule has 104 valence electrons. The number of H-pyrrole nitrogens is 2. The fourth-order valence-electron chi connectivity index (χ4n) is 2.33. The molecule has 3 aromatic heterocycles. The molecule has 0 bridgehead atoms. The van der Waals surface area contributed by atoms with E-state index in [1.54, 1.807) is 0 Å². The van der Waals surface area contributed by atoms with Crippen molar-refractivity contribution in [1.29, 1.82) is 0 Å². The van der Waals surface area contributed by atoms with Gasteiger partial charge in [-0.15, -0.1) is 0 Å². The zero-order valence-corrected chi connectivity index (χ0v) is 11.4. The number of hydrogen-bond acceptors (Lipinski definition) is 4. The quantitative estimate of drug-likeness (QED) is 0.736. The summed E-state index contributed by atoms with van der Waals surface area (Å²) in [6.45, 7) is 5.92. The van der Waals surface area contributed by atoms with E-state index in [1.165, 1.54) is 4.57 Å². The molecule has 0 spiro atoms. The van der Waals surface area contributed by atoms with Gasteiger partial charge in [0, 0.05) is 6.54 Å². The van der Waals surface area contributed by atoms with E-state index in [0.29, 0.717) is 29.3 Å². The molecule has 0 fully saturated rings. The Kier molecular flexibility index (Phi) is 2.63. The Morgan fingerprint density at radius 3 is 2.65 bits per heavy atom. The van der Waals surface area contributed by atoms with Crippen LogP contribution in [0, 0.1) is 13.8 Å². The lowest BCUT2D eigenvalue weighted by atomic mass is 10.2. The molecule has 0 atom stereocenters. The predicted molar refractivity (Wildman–Crippen MR) is 73.8 cm³/mol. The summed E-state index contributed by atoms with van der Waals surface area (Å²) < 4.78 is 6.88. The molecule has 0 aliphatic carbocycles. The van der Waals surface area contributed by atoms with Crippen LogP contribution in [0.1, 0.15) is 18.4 Å². The summed E-state index contributed by atoms with van der Waals surface area (Å²) >= 11 is 0. The molecule has 0 unspecified atom stereocenters. The first-order valence-corrected chi connectivity index (χ1v) is 6.31. The summed E-state index contributed by atoms with van der Waals surface area (Å²) in [6, 6.07) is 1.84. The van der Waals surface area contributed by atoms with Crippen LogP contribution in [-0.2, 0) is 6.54 Å². The Balaban J connectivity index is 2.36. The first-order valence-electron chi connectivity index (χ1n) is 6.31. The van der Waals surface area contributed by atoms with E-state index in [4.69, 9.17) is 4.42 Å². The van der Waals surface area contributed by atoms with Crippen molar-refractivity contribution >= 4 is 11.2 Å². The van der Waals surface area contributed by atoms with E-state index in [-0.39, 0.29) is 0 Å². The van der Waals surface area contributed by atoms with Crippen LogP contribution >= 0.6 is 0 Å². The molecule has 0 saturated heterocycles. The summed E-state index contributed by atoms with van der Waals surface area (Å²) in [5.74, 6) is 2.00. The Labute approximate surface area is 113 Å². The molecule has 0 radical (unpaired) electrons. The van der Waals surface area contributed by atoms with Crippen molar-refractivity contribution in [3.05, 3.63) is 38.4 Å². The molecular formula is C13H14N4O3. The molecule has 0 saturated carbocycles. The highest BCUT2D eigenvalue weighted by Crippen LogP contribution is 2.25. The summed E-state index contributed by atoms with van der Waals surface area (Å²) in [5.41, 5.74) is 0.511. The van der Waals surface area contributed by atoms with Crippen LogP contribution in [0.15, 0.2) is 20.1 Å². The molecule has 7 heteroatoms. The zero-order chi connectivity index (χ0) is 14.4. The summed E-state index contributed by atoms with van der Waals surface area (Å²) in [6.07, 6.45) is 0. The van der Waals surface area contributed by atoms with Gasteiger partial charge in [0.2, 0.25) is 0 Å². The summed E-state index contributed by atoms with van der Waals surface area (Å²) in [7, 11) is 0. The van der Waals surface area contributed by atoms with E-state index in [1.807, 2.05) is 26.8 Å². The van der Waals surface area contributed by atoms with Crippen molar-refractivity contribution < 1.29 is 4.42 Å². The smallest absolute Gasteiger partial charge is 0.330 e. The Bertz CT molecular complexity index is 910. The van der Waals surface area contributed by atoms with Crippen molar-refractivity contribution in [2.75, 3.05) is 0 Å². The van der Waals surface area contributed by atoms with Gasteiger partial charge in [0.25, 0.3) is 5.56 Å². The van der Waals surface area contributed by atoms with E-state index in [2.05, 4.69) is 15.0 Å². The highest BCUT2D eigenvalue weighted by atomic mass is 16.3. The number of imidazole rings is 1. The SMILES string of the molecule is CCn1c(=O)[nH]c(=O)c2[nH]c(-c3cc(C)oc3C)nc21. The third-order valence-electron chi connectivity index (χ3n) is 3.25. The maximum absolute atomic E-state index is 11.8. The Morgan fingerprint density at radius 1 is 1.30 bits per heavy atom. The van der Waals surface area contributed by atoms with Gasteiger partial charge in [-0.25, -0.2) is 9.78 Å². The Hall–Kier alpha value is -2.57. The molecule has 2 N–H and O–H groups in total. The third-order valence-corrected chi connectivity index (χ3v) is 3.25. The average Bonchev–Trinajstić information content (AvgIpc) is 2.93. The molecule has 20 heavy (non-hydrogen) atoms. The molecule has 0 amide bonds. The predicted octanol–water partition coefficient (Wildman–Crippen LogP) is 1.31. The van der Waals surface area contributed by atoms with Gasteiger partial charge in [-0.1, -0.05) is 0 Å². The largest absolute Gasteiger partial charge is 0.466 e. The highest BCUT2D eigenvalue weighted by Gasteiger charge is 2.16. The maximum atomic E-state index is 11.8. The molecular weight excluding hydrogens is 260 g/mol. The minimum Gasteiger partial charge on any atom is -0.466 e. The number of nitrogens with one attached hydrogen (secondary N) is 2. The minimum atomic E-state index is -0.466. The molecule has 0 aliphatic heterocycles. The molecule has 7 nitrogen and oxygen atoms in total. The number of hydrogen-bond donors (Lipinski definition) is 2. The van der Waals surface area contributed by atoms with Crippen molar-refractivity contribution in [3.63, 3.8) is 0 Å². The van der Waals surface area contributed by atoms with Gasteiger partial charge in [0.1, 0.15) is 22.9 Å². The standard InChI is InChI=1S/C13H14N4O3/c1-4-17-11-9(12(18)16-13(17)19)14-10(15-11)8-5-6(2)20-7(8)3/h5H,4H2,1-3H3,(H,14,15)(H,16,18,19). The van der Waals surface area contributed by atoms with Gasteiger partial charge in [-0.3, -0.25) is 14.3 Å². The molecule has 3 aromatic rings. The maximum Gasteiger partial charge on any atom is 0.330 e. The first kappa shape index (κ1) is 12.5. The van der Waals surface area contributed by atoms with Gasteiger partial charge in [-0.05, 0) is 26.8 Å². The van der Waals surface area contributed by atoms with Crippen LogP contribution in [0.25, 0.3) is 22.6 Å². The van der Waals surface area contributed by atoms with Crippen molar-refractivity contribution in [2.24, 2.45) is 0 Å². The number of aryl methyl sites for hydroxylation is 3. The number of aromatic nitrogens is 4. The normalized spacial score (nSPS) is 11.3. The lowest BCUT2D eigenvalue weighted by Gasteiger charge is -1.99. The third kappa shape index (κ3) is 1.70. The second kappa shape index (κ2) is 4.22. The molecule has 0 aliphatic rings. The second-order valence-corrected chi connectivity index (χ2v) is 4.61. The molecule has 0 aromatic carbocycles. The zero-order valence-electron chi connectivity index (χ0n) is 11.4. The topological polar surface area (TPSA) is 96.7 Å². The molecule has 3 rings (SSSR count). The van der Waals surface area contributed by atoms with Gasteiger partial charge in [-0.2, -0.15) is 0 Å². The van der Waals surface area contributed by atoms with Gasteiger partial charge in [0.15, 0.2) is 5.65 Å². The van der Waals surface area contributed by atoms with E-state index in [0.717, 1.165) is 11.3 Å². The van der Waals surface area contributed by atoms with Gasteiger partial charge >= 0.3 is 5.69 Å². The first-order chi connectivity index (χ1) is 9.51. The van der Waals surface area contributed by atoms with Crippen molar-refractivity contribution in [1.82, 2.24) is 19.5 Å². The number of nitrogens with zero attached hydrogens (tertiary/aromatic N) is 2. The van der Waals surface area contributed by atoms with Crippen LogP contribution < -0.4 is 11.2 Å². The van der Waals surface area contributed by atoms with Crippen LogP contribution in [-0.4, -0.2) is 19.5 Å². The summed E-state index contributed by atoms with van der Waals surface area (Å²) in [5, 5.41) is 0. The average molecular weight is 274 g/mol. The van der Waals surface area contributed by atoms with E-state index < -0.39 is 11.2 Å². The van der Waals surface area contributed by atoms with Gasteiger partial charge < -0.3 is 9.40 Å². The van der Waals surface area contributed by atoms with Crippen LogP contribution in [0.4, 0.5) is 0 Å². The minimum absolute atomic E-state index is 0.291. The monoisotopic (exact) mass is 274 g/mol. The number of aromatic amines is 2. The van der Waals surface area contributed by atoms with Crippen molar-refractivity contribution in [2.45, 2.75) is 27.3 Å². The van der Waals surface area contributed by atoms with Crippen LogP contribution in [0.3, 0.4) is 0 Å².